The Balaban J connectivity index is 0.00000204. The molecule has 0 saturated heterocycles. The summed E-state index contributed by atoms with van der Waals surface area (Å²) in [5.41, 5.74) is 2.86. The van der Waals surface area contributed by atoms with Gasteiger partial charge in [-0.25, -0.2) is 0 Å². The average Bonchev–Trinajstić information content (AvgIpc) is 3.09. The molecule has 2 rings (SSSR count). The van der Waals surface area contributed by atoms with Crippen molar-refractivity contribution >= 4 is 20.4 Å². The van der Waals surface area contributed by atoms with Gasteiger partial charge in [0.1, 0.15) is 5.75 Å². The fourth-order valence-corrected chi connectivity index (χ4v) is 2.87. The molecular formula is C23H35BrN3NiO. The van der Waals surface area contributed by atoms with Crippen molar-refractivity contribution in [1.29, 1.82) is 0 Å². The van der Waals surface area contributed by atoms with Gasteiger partial charge < -0.3 is 14.9 Å². The van der Waals surface area contributed by atoms with Crippen molar-refractivity contribution in [2.45, 2.75) is 72.3 Å². The first-order valence-electron chi connectivity index (χ1n) is 9.89. The topological polar surface area (TPSA) is 39.1 Å². The number of aromatic hydroxyl groups is 1. The molecule has 2 radical (unpaired) electrons. The van der Waals surface area contributed by atoms with Crippen molar-refractivity contribution < 1.29 is 18.8 Å². The number of phenolic OH excluding ortho intramolecular Hbond substituents is 1. The Bertz CT molecular complexity index is 718. The first kappa shape index (κ1) is 26.0. The van der Waals surface area contributed by atoms with E-state index < -0.39 is 0 Å². The molecule has 1 aromatic carbocycles. The van der Waals surface area contributed by atoms with Crippen LogP contribution in [0, 0.1) is 6.67 Å². The molecule has 0 bridgehead atoms. The van der Waals surface area contributed by atoms with Gasteiger partial charge in [0.25, 0.3) is 0 Å². The summed E-state index contributed by atoms with van der Waals surface area (Å²) in [6.07, 6.45) is 5.85. The second kappa shape index (κ2) is 10.9. The minimum absolute atomic E-state index is 0.0147. The number of benzene rings is 1. The summed E-state index contributed by atoms with van der Waals surface area (Å²) >= 11 is 6.25. The molecule has 0 saturated carbocycles. The van der Waals surface area contributed by atoms with Crippen LogP contribution in [0.25, 0.3) is 0 Å². The summed E-state index contributed by atoms with van der Waals surface area (Å²) in [5, 5.41) is 10.8. The van der Waals surface area contributed by atoms with Crippen LogP contribution < -0.4 is 0 Å². The Kier molecular flexibility index (Phi) is 9.75. The van der Waals surface area contributed by atoms with Crippen LogP contribution in [0.4, 0.5) is 0 Å². The van der Waals surface area contributed by atoms with Crippen LogP contribution in [0.3, 0.4) is 0 Å². The summed E-state index contributed by atoms with van der Waals surface area (Å²) in [6, 6.07) is 4.59. The van der Waals surface area contributed by atoms with Gasteiger partial charge in [0.15, 0.2) is 0 Å². The fraction of sp³-hybridized carbons (Fsp3) is 0.565. The predicted molar refractivity (Wildman–Crippen MR) is 123 cm³/mol. The Morgan fingerprint density at radius 1 is 1.10 bits per heavy atom. The molecule has 0 atom stereocenters. The van der Waals surface area contributed by atoms with Crippen LogP contribution in [-0.4, -0.2) is 40.3 Å². The normalized spacial score (nSPS) is 14.8. The summed E-state index contributed by atoms with van der Waals surface area (Å²) in [4.78, 5) is 8.63. The van der Waals surface area contributed by atoms with Crippen LogP contribution in [0.5, 0.6) is 5.75 Å². The zero-order chi connectivity index (χ0) is 22.4. The molecule has 0 spiro atoms. The van der Waals surface area contributed by atoms with E-state index in [4.69, 9.17) is 0 Å². The third kappa shape index (κ3) is 7.64. The monoisotopic (exact) mass is 506 g/mol. The minimum atomic E-state index is -0.126. The van der Waals surface area contributed by atoms with Gasteiger partial charge in [-0.2, -0.15) is 0 Å². The van der Waals surface area contributed by atoms with Crippen LogP contribution in [0.2, 0.25) is 0 Å². The van der Waals surface area contributed by atoms with Crippen LogP contribution in [0.15, 0.2) is 29.5 Å². The SMILES string of the molecule is CC(C)N1[C]N(CCN=Cc2cc(C(C)(C)C)cc(C(C)(C)C)c2O)C=C1.[Ni][Br]. The molecule has 0 aromatic heterocycles. The van der Waals surface area contributed by atoms with Gasteiger partial charge in [-0.3, -0.25) is 4.99 Å². The number of halogens is 1. The fourth-order valence-electron chi connectivity index (χ4n) is 2.87. The molecule has 1 aliphatic rings. The number of aliphatic imine (C=N–C) groups is 1. The third-order valence-electron chi connectivity index (χ3n) is 4.72. The van der Waals surface area contributed by atoms with Crippen molar-refractivity contribution in [3.63, 3.8) is 0 Å². The van der Waals surface area contributed by atoms with E-state index in [1.807, 2.05) is 17.3 Å². The first-order chi connectivity index (χ1) is 13.4. The van der Waals surface area contributed by atoms with E-state index in [9.17, 15) is 5.11 Å². The van der Waals surface area contributed by atoms with E-state index in [2.05, 4.69) is 112 Å². The Labute approximate surface area is 192 Å². The van der Waals surface area contributed by atoms with Gasteiger partial charge in [-0.05, 0) is 36.3 Å². The Morgan fingerprint density at radius 3 is 2.21 bits per heavy atom. The van der Waals surface area contributed by atoms with Crippen LogP contribution in [-0.2, 0) is 24.5 Å². The Morgan fingerprint density at radius 2 is 1.72 bits per heavy atom. The maximum absolute atomic E-state index is 10.8. The number of hydrogen-bond donors (Lipinski definition) is 1. The molecule has 0 amide bonds. The molecule has 1 N–H and O–H groups in total. The first-order valence-corrected chi connectivity index (χ1v) is 12.3. The van der Waals surface area contributed by atoms with Gasteiger partial charge in [0.05, 0.1) is 6.54 Å². The molecule has 0 unspecified atom stereocenters. The molecule has 29 heavy (non-hydrogen) atoms. The van der Waals surface area contributed by atoms with E-state index in [1.54, 1.807) is 6.21 Å². The zero-order valence-corrected chi connectivity index (χ0v) is 21.4. The number of rotatable bonds is 5. The number of hydrogen-bond acceptors (Lipinski definition) is 4. The van der Waals surface area contributed by atoms with E-state index >= 15 is 0 Å². The van der Waals surface area contributed by atoms with Gasteiger partial charge in [0, 0.05) is 42.3 Å². The standard InChI is InChI=1S/C23H35N3O.BrH.Ni/c1-17(2)26-12-11-25(16-26)10-9-24-15-18-13-19(22(3,4)5)14-20(21(18)27)23(6,7)8;;/h11-15,17,27H,9-10H2,1-8H3;1H;/q;;+1/p-1. The summed E-state index contributed by atoms with van der Waals surface area (Å²) in [6.45, 7) is 21.9. The molecule has 0 fully saturated rings. The van der Waals surface area contributed by atoms with Crippen molar-refractivity contribution in [3.05, 3.63) is 47.9 Å². The quantitative estimate of drug-likeness (QED) is 0.408. The predicted octanol–water partition coefficient (Wildman–Crippen LogP) is 5.74. The summed E-state index contributed by atoms with van der Waals surface area (Å²) in [7, 11) is 0. The van der Waals surface area contributed by atoms with Crippen LogP contribution >= 0.6 is 14.2 Å². The molecule has 1 heterocycles. The van der Waals surface area contributed by atoms with Gasteiger partial charge >= 0.3 is 27.9 Å². The van der Waals surface area contributed by atoms with E-state index in [0.29, 0.717) is 18.3 Å². The van der Waals surface area contributed by atoms with E-state index in [0.717, 1.165) is 17.7 Å². The average molecular weight is 508 g/mol. The summed E-state index contributed by atoms with van der Waals surface area (Å²) < 4.78 is 0. The van der Waals surface area contributed by atoms with E-state index in [-0.39, 0.29) is 10.8 Å². The van der Waals surface area contributed by atoms with E-state index in [1.165, 1.54) is 5.56 Å². The number of nitrogens with zero attached hydrogens (tertiary/aromatic N) is 3. The molecule has 4 nitrogen and oxygen atoms in total. The van der Waals surface area contributed by atoms with Crippen molar-refractivity contribution in [3.8, 4) is 5.75 Å². The molecule has 0 aliphatic carbocycles. The summed E-state index contributed by atoms with van der Waals surface area (Å²) in [5.74, 6) is 0.337. The molecule has 1 aromatic rings. The van der Waals surface area contributed by atoms with Gasteiger partial charge in [0.2, 0.25) is 6.67 Å². The van der Waals surface area contributed by atoms with Gasteiger partial charge in [-0.15, -0.1) is 0 Å². The third-order valence-corrected chi connectivity index (χ3v) is 4.72. The second-order valence-corrected chi connectivity index (χ2v) is 9.59. The molecule has 165 valence electrons. The van der Waals surface area contributed by atoms with Crippen molar-refractivity contribution in [1.82, 2.24) is 9.80 Å². The van der Waals surface area contributed by atoms with Crippen molar-refractivity contribution in [2.75, 3.05) is 13.1 Å². The van der Waals surface area contributed by atoms with Gasteiger partial charge in [-0.1, -0.05) is 47.6 Å². The Hall–Kier alpha value is -0.996. The zero-order valence-electron chi connectivity index (χ0n) is 18.9. The molecular weight excluding hydrogens is 473 g/mol. The molecule has 6 heteroatoms. The maximum atomic E-state index is 10.8. The van der Waals surface area contributed by atoms with Crippen LogP contribution in [0.1, 0.15) is 72.1 Å². The molecule has 1 aliphatic heterocycles. The van der Waals surface area contributed by atoms with Crippen molar-refractivity contribution in [2.24, 2.45) is 4.99 Å². The second-order valence-electron chi connectivity index (χ2n) is 9.59. The number of phenols is 1.